The Bertz CT molecular complexity index is 697. The van der Waals surface area contributed by atoms with Gasteiger partial charge >= 0.3 is 0 Å². The summed E-state index contributed by atoms with van der Waals surface area (Å²) >= 11 is 1.70. The largest absolute Gasteiger partial charge is 0.357 e. The van der Waals surface area contributed by atoms with E-state index in [1.807, 2.05) is 6.20 Å². The number of aromatic nitrogens is 1. The molecule has 0 aliphatic carbocycles. The Hall–Kier alpha value is -1.19. The number of likely N-dealkylation sites (N-methyl/N-ethyl adjacent to an activating group) is 1. The zero-order valence-electron chi connectivity index (χ0n) is 17.0. The van der Waals surface area contributed by atoms with E-state index in [1.165, 1.54) is 16.0 Å². The van der Waals surface area contributed by atoms with Gasteiger partial charge in [0.2, 0.25) is 0 Å². The molecule has 0 radical (unpaired) electrons. The number of aliphatic imine (C=N–C) groups is 1. The molecular weight excluding hydrogens is 469 g/mol. The smallest absolute Gasteiger partial charge is 0.191 e. The van der Waals surface area contributed by atoms with Crippen LogP contribution in [-0.2, 0) is 13.0 Å². The van der Waals surface area contributed by atoms with Crippen LogP contribution in [-0.4, -0.2) is 43.0 Å². The number of nitrogens with zero attached hydrogens (tertiary/aromatic N) is 3. The van der Waals surface area contributed by atoms with Crippen molar-refractivity contribution in [3.63, 3.8) is 0 Å². The zero-order valence-corrected chi connectivity index (χ0v) is 20.1. The standard InChI is InChI=1S/C20H31N5S.HI/c1-6-16-8-10-17(11-9-16)18(25(4)5)13-23-20(21-7-2)24-14-19-22-12-15(3)26-19;/h8-12,18H,6-7,13-14H2,1-5H3,(H2,21,23,24);1H. The first-order valence-corrected chi connectivity index (χ1v) is 10.0. The molecule has 7 heteroatoms. The third-order valence-corrected chi connectivity index (χ3v) is 5.14. The lowest BCUT2D eigenvalue weighted by Crippen LogP contribution is -2.41. The van der Waals surface area contributed by atoms with Gasteiger partial charge in [-0.3, -0.25) is 0 Å². The molecule has 1 aromatic carbocycles. The molecule has 1 unspecified atom stereocenters. The highest BCUT2D eigenvalue weighted by Gasteiger charge is 2.14. The van der Waals surface area contributed by atoms with Crippen LogP contribution < -0.4 is 10.6 Å². The molecule has 2 N–H and O–H groups in total. The number of hydrogen-bond donors (Lipinski definition) is 2. The molecule has 0 saturated heterocycles. The summed E-state index contributed by atoms with van der Waals surface area (Å²) in [6.07, 6.45) is 2.97. The lowest BCUT2D eigenvalue weighted by Gasteiger charge is -2.26. The van der Waals surface area contributed by atoms with E-state index in [4.69, 9.17) is 0 Å². The highest BCUT2D eigenvalue weighted by atomic mass is 127. The average molecular weight is 501 g/mol. The highest BCUT2D eigenvalue weighted by Crippen LogP contribution is 2.18. The molecule has 0 bridgehead atoms. The van der Waals surface area contributed by atoms with E-state index < -0.39 is 0 Å². The van der Waals surface area contributed by atoms with Crippen LogP contribution in [0.15, 0.2) is 35.5 Å². The fraction of sp³-hybridized carbons (Fsp3) is 0.500. The fourth-order valence-corrected chi connectivity index (χ4v) is 3.44. The van der Waals surface area contributed by atoms with Crippen LogP contribution in [0.5, 0.6) is 0 Å². The first-order valence-electron chi connectivity index (χ1n) is 9.22. The number of nitrogens with one attached hydrogen (secondary N) is 2. The van der Waals surface area contributed by atoms with Crippen molar-refractivity contribution in [3.8, 4) is 0 Å². The maximum Gasteiger partial charge on any atom is 0.191 e. The van der Waals surface area contributed by atoms with Crippen molar-refractivity contribution in [2.24, 2.45) is 4.99 Å². The minimum atomic E-state index is 0. The van der Waals surface area contributed by atoms with Crippen molar-refractivity contribution < 1.29 is 0 Å². The van der Waals surface area contributed by atoms with E-state index in [0.29, 0.717) is 6.54 Å². The average Bonchev–Trinajstić information content (AvgIpc) is 3.05. The van der Waals surface area contributed by atoms with Gasteiger partial charge in [-0.25, -0.2) is 9.98 Å². The second-order valence-electron chi connectivity index (χ2n) is 6.52. The summed E-state index contributed by atoms with van der Waals surface area (Å²) in [5.74, 6) is 0.831. The maximum atomic E-state index is 4.67. The summed E-state index contributed by atoms with van der Waals surface area (Å²) < 4.78 is 0. The summed E-state index contributed by atoms with van der Waals surface area (Å²) in [5, 5.41) is 7.84. The fourth-order valence-electron chi connectivity index (χ4n) is 2.73. The molecule has 2 aromatic rings. The molecule has 0 aliphatic heterocycles. The Morgan fingerprint density at radius 3 is 2.41 bits per heavy atom. The van der Waals surface area contributed by atoms with Gasteiger partial charge in [0.05, 0.1) is 12.6 Å². The molecule has 5 nitrogen and oxygen atoms in total. The van der Waals surface area contributed by atoms with Crippen LogP contribution in [0.1, 0.15) is 40.9 Å². The van der Waals surface area contributed by atoms with Gasteiger partial charge in [-0.15, -0.1) is 35.3 Å². The van der Waals surface area contributed by atoms with Crippen molar-refractivity contribution in [1.29, 1.82) is 0 Å². The molecule has 1 heterocycles. The third-order valence-electron chi connectivity index (χ3n) is 4.24. The van der Waals surface area contributed by atoms with Crippen LogP contribution >= 0.6 is 35.3 Å². The molecule has 1 atom stereocenters. The minimum absolute atomic E-state index is 0. The summed E-state index contributed by atoms with van der Waals surface area (Å²) in [7, 11) is 4.23. The molecule has 0 spiro atoms. The van der Waals surface area contributed by atoms with Gasteiger partial charge in [-0.2, -0.15) is 0 Å². The molecule has 1 aromatic heterocycles. The van der Waals surface area contributed by atoms with Crippen molar-refractivity contribution >= 4 is 41.3 Å². The first-order chi connectivity index (χ1) is 12.5. The Kier molecular flexibility index (Phi) is 10.9. The second-order valence-corrected chi connectivity index (χ2v) is 7.83. The van der Waals surface area contributed by atoms with Crippen molar-refractivity contribution in [2.45, 2.75) is 39.8 Å². The summed E-state index contributed by atoms with van der Waals surface area (Å²) in [6.45, 7) is 8.56. The topological polar surface area (TPSA) is 52.6 Å². The SMILES string of the molecule is CCNC(=NCc1ncc(C)s1)NCC(c1ccc(CC)cc1)N(C)C.I. The van der Waals surface area contributed by atoms with Gasteiger partial charge in [-0.1, -0.05) is 31.2 Å². The van der Waals surface area contributed by atoms with Crippen LogP contribution in [0.2, 0.25) is 0 Å². The van der Waals surface area contributed by atoms with Crippen LogP contribution in [0.25, 0.3) is 0 Å². The van der Waals surface area contributed by atoms with E-state index in [0.717, 1.165) is 30.5 Å². The van der Waals surface area contributed by atoms with E-state index in [1.54, 1.807) is 11.3 Å². The summed E-state index contributed by atoms with van der Waals surface area (Å²) in [4.78, 5) is 12.5. The lowest BCUT2D eigenvalue weighted by atomic mass is 10.0. The second kappa shape index (κ2) is 12.3. The van der Waals surface area contributed by atoms with Gasteiger partial charge in [0.15, 0.2) is 5.96 Å². The zero-order chi connectivity index (χ0) is 18.9. The van der Waals surface area contributed by atoms with E-state index in [9.17, 15) is 0 Å². The number of thiazole rings is 1. The maximum absolute atomic E-state index is 4.67. The molecule has 2 rings (SSSR count). The van der Waals surface area contributed by atoms with Crippen LogP contribution in [0.3, 0.4) is 0 Å². The predicted molar refractivity (Wildman–Crippen MR) is 127 cm³/mol. The molecule has 27 heavy (non-hydrogen) atoms. The quantitative estimate of drug-likeness (QED) is 0.327. The van der Waals surface area contributed by atoms with Gasteiger partial charge in [-0.05, 0) is 45.5 Å². The van der Waals surface area contributed by atoms with Crippen LogP contribution in [0.4, 0.5) is 0 Å². The predicted octanol–water partition coefficient (Wildman–Crippen LogP) is 3.99. The van der Waals surface area contributed by atoms with Gasteiger partial charge in [0.25, 0.3) is 0 Å². The number of halogens is 1. The Labute approximate surface area is 184 Å². The Morgan fingerprint density at radius 2 is 1.89 bits per heavy atom. The van der Waals surface area contributed by atoms with Gasteiger partial charge in [0.1, 0.15) is 5.01 Å². The molecule has 150 valence electrons. The van der Waals surface area contributed by atoms with Crippen molar-refractivity contribution in [2.75, 3.05) is 27.2 Å². The Balaban J connectivity index is 0.00000364. The van der Waals surface area contributed by atoms with Crippen molar-refractivity contribution in [1.82, 2.24) is 20.5 Å². The number of aryl methyl sites for hydroxylation is 2. The van der Waals surface area contributed by atoms with Gasteiger partial charge < -0.3 is 15.5 Å². The van der Waals surface area contributed by atoms with Crippen molar-refractivity contribution in [3.05, 3.63) is 51.5 Å². The molecular formula is C20H32IN5S. The monoisotopic (exact) mass is 501 g/mol. The highest BCUT2D eigenvalue weighted by molar-refractivity contribution is 14.0. The lowest BCUT2D eigenvalue weighted by molar-refractivity contribution is 0.298. The molecule has 0 aliphatic rings. The Morgan fingerprint density at radius 1 is 1.19 bits per heavy atom. The minimum Gasteiger partial charge on any atom is -0.357 e. The van der Waals surface area contributed by atoms with E-state index >= 15 is 0 Å². The number of rotatable bonds is 8. The summed E-state index contributed by atoms with van der Waals surface area (Å²) in [5.41, 5.74) is 2.68. The molecule has 0 amide bonds. The first kappa shape index (κ1) is 23.8. The van der Waals surface area contributed by atoms with E-state index in [-0.39, 0.29) is 30.0 Å². The number of benzene rings is 1. The molecule has 0 saturated carbocycles. The normalized spacial score (nSPS) is 12.6. The van der Waals surface area contributed by atoms with E-state index in [2.05, 4.69) is 84.6 Å². The van der Waals surface area contributed by atoms with Crippen LogP contribution in [0, 0.1) is 6.92 Å². The number of guanidine groups is 1. The van der Waals surface area contributed by atoms with Gasteiger partial charge in [0, 0.05) is 24.2 Å². The third kappa shape index (κ3) is 7.75. The summed E-state index contributed by atoms with van der Waals surface area (Å²) in [6, 6.07) is 9.18. The number of hydrogen-bond acceptors (Lipinski definition) is 4. The molecule has 0 fully saturated rings.